The van der Waals surface area contributed by atoms with E-state index in [0.29, 0.717) is 25.1 Å². The van der Waals surface area contributed by atoms with Gasteiger partial charge < -0.3 is 14.5 Å². The number of ether oxygens (including phenoxy) is 1. The smallest absolute Gasteiger partial charge is 0.315 e. The van der Waals surface area contributed by atoms with Crippen LogP contribution in [0.3, 0.4) is 0 Å². The molecule has 0 amide bonds. The fourth-order valence-corrected chi connectivity index (χ4v) is 0.747. The van der Waals surface area contributed by atoms with Crippen molar-refractivity contribution in [2.75, 3.05) is 25.6 Å². The second-order valence-electron chi connectivity index (χ2n) is 2.05. The van der Waals surface area contributed by atoms with Gasteiger partial charge in [0.15, 0.2) is 0 Å². The molecule has 6 heteroatoms. The molecule has 0 bridgehead atoms. The highest BCUT2D eigenvalue weighted by Crippen LogP contribution is 2.06. The number of rotatable bonds is 5. The largest absolute Gasteiger partial charge is 0.407 e. The van der Waals surface area contributed by atoms with E-state index in [-0.39, 0.29) is 5.88 Å². The molecule has 0 aliphatic heterocycles. The Morgan fingerprint density at radius 3 is 3.00 bits per heavy atom. The van der Waals surface area contributed by atoms with Crippen LogP contribution in [-0.2, 0) is 10.6 Å². The van der Waals surface area contributed by atoms with E-state index in [1.54, 1.807) is 7.11 Å². The van der Waals surface area contributed by atoms with Crippen LogP contribution < -0.4 is 5.32 Å². The second kappa shape index (κ2) is 4.95. The summed E-state index contributed by atoms with van der Waals surface area (Å²) in [6, 6.07) is 0.378. The van der Waals surface area contributed by atoms with Gasteiger partial charge >= 0.3 is 6.01 Å². The summed E-state index contributed by atoms with van der Waals surface area (Å²) in [4.78, 5) is 0. The fraction of sp³-hybridized carbons (Fsp3) is 0.667. The number of anilines is 1. The number of methoxy groups -OCH3 is 1. The topological polar surface area (TPSA) is 60.2 Å². The highest BCUT2D eigenvalue weighted by atomic mass is 35.5. The standard InChI is InChI=1S/C6H10ClN3O2/c1-11-3-2-8-6-10-9-5(4-7)12-6/h2-4H2,1H3,(H,8,10). The van der Waals surface area contributed by atoms with Crippen molar-refractivity contribution in [3.8, 4) is 0 Å². The summed E-state index contributed by atoms with van der Waals surface area (Å²) in [5.41, 5.74) is 0. The molecule has 0 saturated heterocycles. The van der Waals surface area contributed by atoms with E-state index in [2.05, 4.69) is 15.5 Å². The van der Waals surface area contributed by atoms with Crippen molar-refractivity contribution in [1.82, 2.24) is 10.2 Å². The minimum absolute atomic E-state index is 0.235. The van der Waals surface area contributed by atoms with Crippen molar-refractivity contribution in [2.45, 2.75) is 5.88 Å². The lowest BCUT2D eigenvalue weighted by atomic mass is 10.7. The van der Waals surface area contributed by atoms with E-state index in [9.17, 15) is 0 Å². The molecule has 0 spiro atoms. The molecule has 0 aromatic carbocycles. The van der Waals surface area contributed by atoms with Crippen LogP contribution in [0, 0.1) is 0 Å². The van der Waals surface area contributed by atoms with Crippen molar-refractivity contribution in [3.63, 3.8) is 0 Å². The van der Waals surface area contributed by atoms with Crippen LogP contribution in [-0.4, -0.2) is 30.5 Å². The van der Waals surface area contributed by atoms with Gasteiger partial charge in [0.05, 0.1) is 6.61 Å². The fourth-order valence-electron chi connectivity index (χ4n) is 0.639. The van der Waals surface area contributed by atoms with Crippen LogP contribution in [0.25, 0.3) is 0 Å². The van der Waals surface area contributed by atoms with E-state index >= 15 is 0 Å². The number of hydrogen-bond acceptors (Lipinski definition) is 5. The van der Waals surface area contributed by atoms with Crippen molar-refractivity contribution < 1.29 is 9.15 Å². The second-order valence-corrected chi connectivity index (χ2v) is 2.32. The first-order valence-corrected chi connectivity index (χ1v) is 4.01. The highest BCUT2D eigenvalue weighted by Gasteiger charge is 2.02. The first kappa shape index (κ1) is 9.28. The maximum Gasteiger partial charge on any atom is 0.315 e. The zero-order valence-electron chi connectivity index (χ0n) is 6.71. The van der Waals surface area contributed by atoms with Gasteiger partial charge in [0.2, 0.25) is 5.89 Å². The van der Waals surface area contributed by atoms with E-state index < -0.39 is 0 Å². The zero-order valence-corrected chi connectivity index (χ0v) is 7.47. The van der Waals surface area contributed by atoms with Crippen LogP contribution in [0.5, 0.6) is 0 Å². The lowest BCUT2D eigenvalue weighted by molar-refractivity contribution is 0.210. The molecule has 0 aliphatic rings. The normalized spacial score (nSPS) is 10.2. The SMILES string of the molecule is COCCNc1nnc(CCl)o1. The molecule has 1 aromatic rings. The molecule has 68 valence electrons. The summed E-state index contributed by atoms with van der Waals surface area (Å²) in [5, 5.41) is 10.2. The Hall–Kier alpha value is -0.810. The number of halogens is 1. The monoisotopic (exact) mass is 191 g/mol. The highest BCUT2D eigenvalue weighted by molar-refractivity contribution is 6.16. The third kappa shape index (κ3) is 2.67. The Morgan fingerprint density at radius 2 is 2.42 bits per heavy atom. The molecule has 1 heterocycles. The lowest BCUT2D eigenvalue weighted by Gasteiger charge is -1.97. The molecule has 12 heavy (non-hydrogen) atoms. The minimum atomic E-state index is 0.235. The van der Waals surface area contributed by atoms with Crippen molar-refractivity contribution in [1.29, 1.82) is 0 Å². The number of aromatic nitrogens is 2. The van der Waals surface area contributed by atoms with Crippen LogP contribution >= 0.6 is 11.6 Å². The van der Waals surface area contributed by atoms with E-state index in [4.69, 9.17) is 20.8 Å². The molecule has 1 aromatic heterocycles. The van der Waals surface area contributed by atoms with Crippen LogP contribution in [0.15, 0.2) is 4.42 Å². The average Bonchev–Trinajstić information content (AvgIpc) is 2.53. The molecule has 5 nitrogen and oxygen atoms in total. The van der Waals surface area contributed by atoms with Gasteiger partial charge in [0.25, 0.3) is 0 Å². The van der Waals surface area contributed by atoms with Crippen LogP contribution in [0.2, 0.25) is 0 Å². The molecular formula is C6H10ClN3O2. The summed E-state index contributed by atoms with van der Waals surface area (Å²) in [7, 11) is 1.62. The summed E-state index contributed by atoms with van der Waals surface area (Å²) in [6.45, 7) is 1.24. The molecular weight excluding hydrogens is 182 g/mol. The van der Waals surface area contributed by atoms with Gasteiger partial charge in [0.1, 0.15) is 5.88 Å². The Labute approximate surface area is 75.1 Å². The van der Waals surface area contributed by atoms with Gasteiger partial charge in [-0.3, -0.25) is 0 Å². The summed E-state index contributed by atoms with van der Waals surface area (Å²) in [5.74, 6) is 0.649. The van der Waals surface area contributed by atoms with Crippen molar-refractivity contribution in [3.05, 3.63) is 5.89 Å². The number of nitrogens with zero attached hydrogens (tertiary/aromatic N) is 2. The summed E-state index contributed by atoms with van der Waals surface area (Å²) < 4.78 is 9.88. The number of hydrogen-bond donors (Lipinski definition) is 1. The van der Waals surface area contributed by atoms with Gasteiger partial charge in [-0.05, 0) is 0 Å². The molecule has 0 unspecified atom stereocenters. The quantitative estimate of drug-likeness (QED) is 0.553. The van der Waals surface area contributed by atoms with Crippen molar-refractivity contribution >= 4 is 17.6 Å². The maximum absolute atomic E-state index is 5.45. The van der Waals surface area contributed by atoms with Gasteiger partial charge in [-0.25, -0.2) is 0 Å². The third-order valence-electron chi connectivity index (χ3n) is 1.16. The summed E-state index contributed by atoms with van der Waals surface area (Å²) >= 11 is 5.45. The minimum Gasteiger partial charge on any atom is -0.407 e. The molecule has 0 atom stereocenters. The van der Waals surface area contributed by atoms with Gasteiger partial charge in [-0.15, -0.1) is 16.7 Å². The molecule has 0 saturated carbocycles. The van der Waals surface area contributed by atoms with Crippen molar-refractivity contribution in [2.24, 2.45) is 0 Å². The Balaban J connectivity index is 2.31. The molecule has 0 aliphatic carbocycles. The predicted molar refractivity (Wildman–Crippen MR) is 44.2 cm³/mol. The molecule has 1 rings (SSSR count). The first-order valence-electron chi connectivity index (χ1n) is 3.48. The first-order chi connectivity index (χ1) is 5.86. The zero-order chi connectivity index (χ0) is 8.81. The summed E-state index contributed by atoms with van der Waals surface area (Å²) in [6.07, 6.45) is 0. The third-order valence-corrected chi connectivity index (χ3v) is 1.39. The van der Waals surface area contributed by atoms with E-state index in [1.165, 1.54) is 0 Å². The maximum atomic E-state index is 5.45. The Bertz CT molecular complexity index is 228. The van der Waals surface area contributed by atoms with E-state index in [1.807, 2.05) is 0 Å². The Kier molecular flexibility index (Phi) is 3.83. The van der Waals surface area contributed by atoms with Gasteiger partial charge in [-0.2, -0.15) is 0 Å². The predicted octanol–water partition coefficient (Wildman–Crippen LogP) is 0.867. The van der Waals surface area contributed by atoms with Crippen LogP contribution in [0.4, 0.5) is 6.01 Å². The van der Waals surface area contributed by atoms with E-state index in [0.717, 1.165) is 0 Å². The number of alkyl halides is 1. The van der Waals surface area contributed by atoms with Gasteiger partial charge in [-0.1, -0.05) is 5.10 Å². The molecule has 0 radical (unpaired) electrons. The lowest BCUT2D eigenvalue weighted by Crippen LogP contribution is -2.07. The Morgan fingerprint density at radius 1 is 1.58 bits per heavy atom. The molecule has 1 N–H and O–H groups in total. The molecule has 0 fully saturated rings. The average molecular weight is 192 g/mol. The van der Waals surface area contributed by atoms with Crippen LogP contribution in [0.1, 0.15) is 5.89 Å². The van der Waals surface area contributed by atoms with Gasteiger partial charge in [0, 0.05) is 13.7 Å². The number of nitrogens with one attached hydrogen (secondary N) is 1.